The number of nitro groups is 1. The van der Waals surface area contributed by atoms with Crippen LogP contribution < -0.4 is 5.73 Å². The van der Waals surface area contributed by atoms with Crippen LogP contribution in [-0.2, 0) is 20.7 Å². The first-order valence-corrected chi connectivity index (χ1v) is 10.2. The molecule has 4 rings (SSSR count). The summed E-state index contributed by atoms with van der Waals surface area (Å²) in [4.78, 5) is 37.8. The number of nitrogens with two attached hydrogens (primary N) is 1. The molecule has 16 nitrogen and oxygen atoms in total. The molecule has 0 aliphatic carbocycles. The number of anilines is 1. The van der Waals surface area contributed by atoms with E-state index in [9.17, 15) is 25.1 Å². The molecule has 2 aromatic heterocycles. The quantitative estimate of drug-likeness (QED) is 0.102. The summed E-state index contributed by atoms with van der Waals surface area (Å²) in [6.45, 7) is -0.554. The van der Waals surface area contributed by atoms with Crippen LogP contribution in [0, 0.1) is 10.1 Å². The minimum atomic E-state index is -1.39. The number of azide groups is 1. The van der Waals surface area contributed by atoms with Crippen LogP contribution in [0.25, 0.3) is 21.6 Å². The molecule has 0 saturated carbocycles. The van der Waals surface area contributed by atoms with Crippen LogP contribution in [0.1, 0.15) is 18.2 Å². The molecular weight excluding hydrogens is 466 g/mol. The maximum absolute atomic E-state index is 12.5. The zero-order valence-corrected chi connectivity index (χ0v) is 17.9. The average Bonchev–Trinajstić information content (AvgIpc) is 3.40. The molecule has 3 aromatic rings. The normalized spacial score (nSPS) is 21.5. The van der Waals surface area contributed by atoms with Crippen LogP contribution >= 0.6 is 0 Å². The Labute approximate surface area is 195 Å². The van der Waals surface area contributed by atoms with E-state index < -0.39 is 42.0 Å². The van der Waals surface area contributed by atoms with E-state index in [1.54, 1.807) is 0 Å². The Bertz CT molecular complexity index is 1320. The summed E-state index contributed by atoms with van der Waals surface area (Å²) in [7, 11) is 0. The van der Waals surface area contributed by atoms with E-state index in [1.165, 1.54) is 29.4 Å². The van der Waals surface area contributed by atoms with Crippen LogP contribution in [-0.4, -0.2) is 65.5 Å². The van der Waals surface area contributed by atoms with Gasteiger partial charge in [0.1, 0.15) is 24.1 Å². The third kappa shape index (κ3) is 4.67. The number of benzene rings is 1. The Morgan fingerprint density at radius 2 is 2.20 bits per heavy atom. The van der Waals surface area contributed by atoms with Gasteiger partial charge in [-0.05, 0) is 12.0 Å². The number of hydrogen-bond acceptors (Lipinski definition) is 12. The topological polar surface area (TPSA) is 238 Å². The van der Waals surface area contributed by atoms with E-state index >= 15 is 0 Å². The first-order valence-electron chi connectivity index (χ1n) is 10.2. The second-order valence-electron chi connectivity index (χ2n) is 7.54. The van der Waals surface area contributed by atoms with Gasteiger partial charge in [-0.15, -0.1) is 0 Å². The molecule has 1 aromatic carbocycles. The predicted molar refractivity (Wildman–Crippen MR) is 117 cm³/mol. The van der Waals surface area contributed by atoms with Gasteiger partial charge in [-0.1, -0.05) is 17.2 Å². The van der Waals surface area contributed by atoms with Crippen molar-refractivity contribution in [3.8, 4) is 0 Å². The SMILES string of the molecule is [N-]=[N+]=Nc1ccc(CCC(=O)O[C@H]2[C@@H](O)[C@H](n3cnc4c(N)ncnc43)O[C@@H]2CO)c([N+](=O)[O-])c1. The second-order valence-corrected chi connectivity index (χ2v) is 7.54. The number of nitro benzene ring substituents is 1. The van der Waals surface area contributed by atoms with Crippen LogP contribution in [0.3, 0.4) is 0 Å². The first-order chi connectivity index (χ1) is 16.8. The number of nitrogens with zero attached hydrogens (tertiary/aromatic N) is 8. The smallest absolute Gasteiger partial charge is 0.306 e. The van der Waals surface area contributed by atoms with E-state index in [2.05, 4.69) is 25.0 Å². The molecule has 0 unspecified atom stereocenters. The Balaban J connectivity index is 1.47. The number of esters is 1. The number of nitrogen functional groups attached to an aromatic ring is 1. The molecule has 1 aliphatic heterocycles. The third-order valence-electron chi connectivity index (χ3n) is 5.44. The highest BCUT2D eigenvalue weighted by Crippen LogP contribution is 2.34. The zero-order valence-electron chi connectivity index (χ0n) is 17.9. The summed E-state index contributed by atoms with van der Waals surface area (Å²) in [6, 6.07) is 3.88. The first kappa shape index (κ1) is 23.8. The summed E-state index contributed by atoms with van der Waals surface area (Å²) >= 11 is 0. The van der Waals surface area contributed by atoms with Crippen molar-refractivity contribution < 1.29 is 29.4 Å². The van der Waals surface area contributed by atoms with Gasteiger partial charge >= 0.3 is 5.97 Å². The fourth-order valence-corrected chi connectivity index (χ4v) is 3.79. The highest BCUT2D eigenvalue weighted by atomic mass is 16.6. The number of fused-ring (bicyclic) bond motifs is 1. The van der Waals surface area contributed by atoms with Crippen molar-refractivity contribution in [2.45, 2.75) is 37.4 Å². The van der Waals surface area contributed by atoms with E-state index in [1.807, 2.05) is 0 Å². The maximum Gasteiger partial charge on any atom is 0.306 e. The van der Waals surface area contributed by atoms with E-state index in [-0.39, 0.29) is 46.8 Å². The summed E-state index contributed by atoms with van der Waals surface area (Å²) < 4.78 is 12.5. The van der Waals surface area contributed by atoms with E-state index in [0.29, 0.717) is 0 Å². The lowest BCUT2D eigenvalue weighted by Gasteiger charge is -2.20. The molecule has 1 saturated heterocycles. The maximum atomic E-state index is 12.5. The lowest BCUT2D eigenvalue weighted by Crippen LogP contribution is -2.38. The summed E-state index contributed by atoms with van der Waals surface area (Å²) in [5.74, 6) is -0.642. The van der Waals surface area contributed by atoms with Gasteiger partial charge in [-0.2, -0.15) is 0 Å². The van der Waals surface area contributed by atoms with Crippen LogP contribution in [0.5, 0.6) is 0 Å². The van der Waals surface area contributed by atoms with E-state index in [4.69, 9.17) is 20.7 Å². The van der Waals surface area contributed by atoms with Crippen molar-refractivity contribution in [2.24, 2.45) is 5.11 Å². The Morgan fingerprint density at radius 1 is 1.40 bits per heavy atom. The van der Waals surface area contributed by atoms with Gasteiger partial charge in [0.05, 0.1) is 17.9 Å². The van der Waals surface area contributed by atoms with E-state index in [0.717, 1.165) is 6.07 Å². The molecular formula is C19H19N9O7. The predicted octanol–water partition coefficient (Wildman–Crippen LogP) is 1.05. The minimum Gasteiger partial charge on any atom is -0.457 e. The fraction of sp³-hybridized carbons (Fsp3) is 0.368. The molecule has 1 fully saturated rings. The monoisotopic (exact) mass is 485 g/mol. The number of rotatable bonds is 8. The molecule has 3 heterocycles. The lowest BCUT2D eigenvalue weighted by molar-refractivity contribution is -0.385. The molecule has 1 aliphatic rings. The summed E-state index contributed by atoms with van der Waals surface area (Å²) in [6.07, 6.45) is -2.50. The van der Waals surface area contributed by atoms with Gasteiger partial charge in [0, 0.05) is 28.6 Å². The number of hydrogen-bond donors (Lipinski definition) is 3. The average molecular weight is 485 g/mol. The number of aromatic nitrogens is 4. The summed E-state index contributed by atoms with van der Waals surface area (Å²) in [5.41, 5.74) is 14.8. The highest BCUT2D eigenvalue weighted by molar-refractivity contribution is 5.81. The number of ether oxygens (including phenoxy) is 2. The van der Waals surface area contributed by atoms with Crippen LogP contribution in [0.4, 0.5) is 17.2 Å². The number of aryl methyl sites for hydroxylation is 1. The molecule has 0 amide bonds. The molecule has 182 valence electrons. The van der Waals surface area contributed by atoms with Gasteiger partial charge in [0.2, 0.25) is 0 Å². The van der Waals surface area contributed by atoms with Crippen molar-refractivity contribution in [1.82, 2.24) is 19.5 Å². The molecule has 4 N–H and O–H groups in total. The Hall–Kier alpha value is -4.37. The van der Waals surface area contributed by atoms with Gasteiger partial charge in [0.15, 0.2) is 23.8 Å². The number of imidazole rings is 1. The van der Waals surface area contributed by atoms with Gasteiger partial charge < -0.3 is 25.4 Å². The Morgan fingerprint density at radius 3 is 2.91 bits per heavy atom. The van der Waals surface area contributed by atoms with Gasteiger partial charge in [0.25, 0.3) is 5.69 Å². The molecule has 0 radical (unpaired) electrons. The molecule has 4 atom stereocenters. The largest absolute Gasteiger partial charge is 0.457 e. The third-order valence-corrected chi connectivity index (χ3v) is 5.44. The molecule has 35 heavy (non-hydrogen) atoms. The number of aliphatic hydroxyl groups excluding tert-OH is 2. The number of carbonyl (C=O) groups is 1. The highest BCUT2D eigenvalue weighted by Gasteiger charge is 2.47. The minimum absolute atomic E-state index is 0.0507. The Kier molecular flexibility index (Phi) is 6.70. The number of aliphatic hydroxyl groups is 2. The summed E-state index contributed by atoms with van der Waals surface area (Å²) in [5, 5.41) is 35.2. The van der Waals surface area contributed by atoms with Gasteiger partial charge in [-0.3, -0.25) is 19.5 Å². The zero-order chi connectivity index (χ0) is 25.1. The molecule has 0 bridgehead atoms. The van der Waals surface area contributed by atoms with Gasteiger partial charge in [-0.25, -0.2) is 15.0 Å². The van der Waals surface area contributed by atoms with Crippen LogP contribution in [0.15, 0.2) is 36.0 Å². The standard InChI is InChI=1S/C19H19N9O7/c20-17-14-18(23-7-22-17)27(8-24-14)19-15(31)16(12(6-29)34-19)35-13(30)4-2-9-1-3-10(25-26-21)5-11(9)28(32)33/h1,3,5,7-8,12,15-16,19,29,31H,2,4,6H2,(H2,20,22,23)/t12-,15-,16-,19-/m1/s1. The fourth-order valence-electron chi connectivity index (χ4n) is 3.79. The molecule has 0 spiro atoms. The van der Waals surface area contributed by atoms with Crippen molar-refractivity contribution in [1.29, 1.82) is 0 Å². The number of carbonyl (C=O) groups excluding carboxylic acids is 1. The second kappa shape index (κ2) is 9.86. The van der Waals surface area contributed by atoms with Crippen molar-refractivity contribution in [3.63, 3.8) is 0 Å². The van der Waals surface area contributed by atoms with Crippen molar-refractivity contribution in [3.05, 3.63) is 57.0 Å². The molecule has 16 heteroatoms. The van der Waals surface area contributed by atoms with Crippen molar-refractivity contribution >= 4 is 34.3 Å². The van der Waals surface area contributed by atoms with Crippen molar-refractivity contribution in [2.75, 3.05) is 12.3 Å². The van der Waals surface area contributed by atoms with Crippen LogP contribution in [0.2, 0.25) is 0 Å². The lowest BCUT2D eigenvalue weighted by atomic mass is 10.1.